The Balaban J connectivity index is 1.24. The van der Waals surface area contributed by atoms with Crippen LogP contribution in [0.3, 0.4) is 0 Å². The lowest BCUT2D eigenvalue weighted by atomic mass is 9.96. The molecule has 2 nitrogen and oxygen atoms in total. The quantitative estimate of drug-likeness (QED) is 0.103. The zero-order chi connectivity index (χ0) is 30.9. The van der Waals surface area contributed by atoms with Gasteiger partial charge in [0.15, 0.2) is 5.78 Å². The Kier molecular flexibility index (Phi) is 10.0. The summed E-state index contributed by atoms with van der Waals surface area (Å²) in [5, 5.41) is 0. The van der Waals surface area contributed by atoms with Crippen molar-refractivity contribution >= 4 is 28.9 Å². The van der Waals surface area contributed by atoms with Gasteiger partial charge in [0.05, 0.1) is 0 Å². The monoisotopic (exact) mass is 575 g/mol. The first-order valence-corrected chi connectivity index (χ1v) is 15.5. The maximum absolute atomic E-state index is 11.8. The molecule has 5 aromatic rings. The van der Waals surface area contributed by atoms with Crippen LogP contribution >= 0.6 is 0 Å². The zero-order valence-electron chi connectivity index (χ0n) is 25.9. The van der Waals surface area contributed by atoms with Crippen molar-refractivity contribution in [3.63, 3.8) is 0 Å². The number of nitrogens with zero attached hydrogens (tertiary/aromatic N) is 1. The molecule has 0 radical (unpaired) electrons. The van der Waals surface area contributed by atoms with E-state index < -0.39 is 0 Å². The molecule has 5 aromatic carbocycles. The summed E-state index contributed by atoms with van der Waals surface area (Å²) in [6.07, 6.45) is 8.30. The van der Waals surface area contributed by atoms with Crippen LogP contribution in [0.4, 0.5) is 17.1 Å². The fourth-order valence-electron chi connectivity index (χ4n) is 5.58. The van der Waals surface area contributed by atoms with Gasteiger partial charge in [0.25, 0.3) is 0 Å². The fourth-order valence-corrected chi connectivity index (χ4v) is 5.58. The van der Waals surface area contributed by atoms with Gasteiger partial charge in [-0.1, -0.05) is 109 Å². The van der Waals surface area contributed by atoms with E-state index in [0.717, 1.165) is 49.2 Å². The minimum absolute atomic E-state index is 0.0345. The molecule has 0 heterocycles. The van der Waals surface area contributed by atoms with Crippen LogP contribution in [0.5, 0.6) is 0 Å². The van der Waals surface area contributed by atoms with E-state index in [-0.39, 0.29) is 5.78 Å². The van der Waals surface area contributed by atoms with E-state index in [4.69, 9.17) is 0 Å². The summed E-state index contributed by atoms with van der Waals surface area (Å²) in [6, 6.07) is 41.2. The Hall–Kier alpha value is -4.95. The predicted octanol–water partition coefficient (Wildman–Crippen LogP) is 10.7. The van der Waals surface area contributed by atoms with Crippen LogP contribution in [-0.2, 0) is 25.7 Å². The smallest absolute Gasteiger partial charge is 0.185 e. The summed E-state index contributed by atoms with van der Waals surface area (Å²) in [5.41, 5.74) is 13.1. The lowest BCUT2D eigenvalue weighted by Gasteiger charge is -2.26. The van der Waals surface area contributed by atoms with E-state index in [9.17, 15) is 4.79 Å². The average Bonchev–Trinajstić information content (AvgIpc) is 3.06. The van der Waals surface area contributed by atoms with Crippen LogP contribution in [0.15, 0.2) is 134 Å². The van der Waals surface area contributed by atoms with Crippen LogP contribution < -0.4 is 4.90 Å². The van der Waals surface area contributed by atoms with E-state index in [1.54, 1.807) is 0 Å². The predicted molar refractivity (Wildman–Crippen MR) is 188 cm³/mol. The second kappa shape index (κ2) is 14.5. The third-order valence-corrected chi connectivity index (χ3v) is 8.15. The standard InChI is InChI=1S/C42H41NO/c1-5-33-28-36(9-7-8-34-16-20-38(21-17-34)42(44)6-2)30-37(29-33)15-14-35-18-26-41(27-19-35)43(39-22-10-31(3)11-23-39)40-24-12-32(4)13-25-40/h5-6,10-13,16-30H,1-2,7-9,14-15H2,3-4H3. The van der Waals surface area contributed by atoms with Gasteiger partial charge in [0.1, 0.15) is 0 Å². The number of carbonyl (C=O) groups is 1. The van der Waals surface area contributed by atoms with Crippen molar-refractivity contribution in [2.75, 3.05) is 4.90 Å². The van der Waals surface area contributed by atoms with Crippen molar-refractivity contribution in [2.24, 2.45) is 0 Å². The lowest BCUT2D eigenvalue weighted by molar-refractivity contribution is 0.104. The van der Waals surface area contributed by atoms with Gasteiger partial charge in [0.2, 0.25) is 0 Å². The van der Waals surface area contributed by atoms with Crippen LogP contribution in [-0.4, -0.2) is 5.78 Å². The van der Waals surface area contributed by atoms with Crippen molar-refractivity contribution in [3.05, 3.63) is 179 Å². The molecule has 0 aromatic heterocycles. The third kappa shape index (κ3) is 7.90. The molecule has 5 rings (SSSR count). The van der Waals surface area contributed by atoms with Crippen molar-refractivity contribution in [3.8, 4) is 0 Å². The minimum Gasteiger partial charge on any atom is -0.311 e. The highest BCUT2D eigenvalue weighted by atomic mass is 16.1. The molecule has 2 heteroatoms. The second-order valence-corrected chi connectivity index (χ2v) is 11.6. The molecule has 0 aliphatic heterocycles. The highest BCUT2D eigenvalue weighted by molar-refractivity contribution is 6.04. The van der Waals surface area contributed by atoms with Crippen LogP contribution in [0.25, 0.3) is 6.08 Å². The second-order valence-electron chi connectivity index (χ2n) is 11.6. The van der Waals surface area contributed by atoms with Gasteiger partial charge in [-0.15, -0.1) is 0 Å². The molecule has 0 fully saturated rings. The number of rotatable bonds is 13. The molecule has 0 unspecified atom stereocenters. The summed E-state index contributed by atoms with van der Waals surface area (Å²) in [6.45, 7) is 11.9. The molecule has 44 heavy (non-hydrogen) atoms. The van der Waals surface area contributed by atoms with Crippen molar-refractivity contribution in [2.45, 2.75) is 46.0 Å². The molecule has 0 N–H and O–H groups in total. The Morgan fingerprint density at radius 3 is 1.52 bits per heavy atom. The van der Waals surface area contributed by atoms with E-state index in [1.165, 1.54) is 45.0 Å². The molecule has 0 bridgehead atoms. The van der Waals surface area contributed by atoms with Gasteiger partial charge < -0.3 is 4.90 Å². The van der Waals surface area contributed by atoms with Crippen LogP contribution in [0, 0.1) is 13.8 Å². The molecule has 0 aliphatic rings. The summed E-state index contributed by atoms with van der Waals surface area (Å²) in [5.74, 6) is -0.0345. The van der Waals surface area contributed by atoms with E-state index >= 15 is 0 Å². The SMILES string of the molecule is C=CC(=O)c1ccc(CCCc2cc(C=C)cc(CCc3ccc(N(c4ccc(C)cc4)c4ccc(C)cc4)cc3)c2)cc1. The molecule has 220 valence electrons. The number of ketones is 1. The Bertz CT molecular complexity index is 1660. The Labute approximate surface area is 263 Å². The highest BCUT2D eigenvalue weighted by Gasteiger charge is 2.12. The summed E-state index contributed by atoms with van der Waals surface area (Å²) >= 11 is 0. The largest absolute Gasteiger partial charge is 0.311 e. The Morgan fingerprint density at radius 1 is 0.568 bits per heavy atom. The van der Waals surface area contributed by atoms with E-state index in [2.05, 4.69) is 123 Å². The minimum atomic E-state index is -0.0345. The highest BCUT2D eigenvalue weighted by Crippen LogP contribution is 2.35. The topological polar surface area (TPSA) is 20.3 Å². The van der Waals surface area contributed by atoms with Gasteiger partial charge in [-0.05, 0) is 116 Å². The number of benzene rings is 5. The Morgan fingerprint density at radius 2 is 1.00 bits per heavy atom. The van der Waals surface area contributed by atoms with Gasteiger partial charge in [0, 0.05) is 22.6 Å². The van der Waals surface area contributed by atoms with E-state index in [1.807, 2.05) is 30.3 Å². The number of aryl methyl sites for hydroxylation is 6. The third-order valence-electron chi connectivity index (χ3n) is 8.15. The van der Waals surface area contributed by atoms with Gasteiger partial charge >= 0.3 is 0 Å². The summed E-state index contributed by atoms with van der Waals surface area (Å²) in [7, 11) is 0. The van der Waals surface area contributed by atoms with Crippen LogP contribution in [0.1, 0.15) is 55.7 Å². The molecular formula is C42H41NO. The van der Waals surface area contributed by atoms with Crippen molar-refractivity contribution in [1.29, 1.82) is 0 Å². The van der Waals surface area contributed by atoms with Gasteiger partial charge in [-0.2, -0.15) is 0 Å². The molecular weight excluding hydrogens is 534 g/mol. The first-order chi connectivity index (χ1) is 21.4. The van der Waals surface area contributed by atoms with Gasteiger partial charge in [-0.3, -0.25) is 4.79 Å². The summed E-state index contributed by atoms with van der Waals surface area (Å²) < 4.78 is 0. The first-order valence-electron chi connectivity index (χ1n) is 15.5. The zero-order valence-corrected chi connectivity index (χ0v) is 25.9. The molecule has 0 spiro atoms. The van der Waals surface area contributed by atoms with E-state index in [0.29, 0.717) is 5.56 Å². The number of carbonyl (C=O) groups excluding carboxylic acids is 1. The normalized spacial score (nSPS) is 10.8. The van der Waals surface area contributed by atoms with Crippen molar-refractivity contribution < 1.29 is 4.79 Å². The number of allylic oxidation sites excluding steroid dienone is 1. The molecule has 0 amide bonds. The number of hydrogen-bond donors (Lipinski definition) is 0. The lowest BCUT2D eigenvalue weighted by Crippen LogP contribution is -2.10. The average molecular weight is 576 g/mol. The molecule has 0 saturated heterocycles. The molecule has 0 aliphatic carbocycles. The number of hydrogen-bond acceptors (Lipinski definition) is 2. The summed E-state index contributed by atoms with van der Waals surface area (Å²) in [4.78, 5) is 14.1. The fraction of sp³-hybridized carbons (Fsp3) is 0.167. The van der Waals surface area contributed by atoms with Crippen molar-refractivity contribution in [1.82, 2.24) is 0 Å². The van der Waals surface area contributed by atoms with Crippen LogP contribution in [0.2, 0.25) is 0 Å². The maximum atomic E-state index is 11.8. The number of anilines is 3. The molecule has 0 saturated carbocycles. The van der Waals surface area contributed by atoms with Gasteiger partial charge in [-0.25, -0.2) is 0 Å². The first kappa shape index (κ1) is 30.5. The maximum Gasteiger partial charge on any atom is 0.185 e. The molecule has 0 atom stereocenters.